The number of nitrogens with one attached hydrogen (secondary N) is 2. The normalized spacial score (nSPS) is 8.88. The van der Waals surface area contributed by atoms with Gasteiger partial charge in [0.25, 0.3) is 0 Å². The van der Waals surface area contributed by atoms with E-state index in [9.17, 15) is 0 Å². The van der Waals surface area contributed by atoms with Crippen molar-refractivity contribution in [3.8, 4) is 0 Å². The third-order valence-electron chi connectivity index (χ3n) is 0.765. The molecule has 8 heavy (non-hydrogen) atoms. The summed E-state index contributed by atoms with van der Waals surface area (Å²) >= 11 is 0. The van der Waals surface area contributed by atoms with Crippen LogP contribution in [0.3, 0.4) is 0 Å². The van der Waals surface area contributed by atoms with E-state index in [-0.39, 0.29) is 0 Å². The zero-order valence-corrected chi connectivity index (χ0v) is 5.78. The molecule has 0 atom stereocenters. The average Bonchev–Trinajstić information content (AvgIpc) is 1.65. The van der Waals surface area contributed by atoms with Gasteiger partial charge in [-0.1, -0.05) is 0 Å². The summed E-state index contributed by atoms with van der Waals surface area (Å²) in [4.78, 5) is 0. The van der Waals surface area contributed by atoms with Crippen LogP contribution >= 0.6 is 0 Å². The minimum absolute atomic E-state index is 0.468. The minimum atomic E-state index is 0.468. The molecule has 0 spiro atoms. The third kappa shape index (κ3) is 3.72. The molecule has 0 saturated carbocycles. The summed E-state index contributed by atoms with van der Waals surface area (Å²) in [5.74, 6) is 0. The first-order valence-corrected chi connectivity index (χ1v) is 2.80. The number of hydrogen-bond donors (Lipinski definition) is 2. The molecule has 46 valence electrons. The zero-order chi connectivity index (χ0) is 6.57. The van der Waals surface area contributed by atoms with Gasteiger partial charge in [-0.15, -0.1) is 0 Å². The van der Waals surface area contributed by atoms with Gasteiger partial charge in [-0.25, -0.2) is 0 Å². The Morgan fingerprint density at radius 1 is 1.50 bits per heavy atom. The fourth-order valence-electron chi connectivity index (χ4n) is 0.421. The van der Waals surface area contributed by atoms with Crippen LogP contribution in [-0.2, 0) is 0 Å². The Hall–Kier alpha value is -0.465. The van der Waals surface area contributed by atoms with Gasteiger partial charge in [0, 0.05) is 0 Å². The molecule has 0 aromatic rings. The predicted octanol–water partition coefficient (Wildman–Crippen LogP) is -0.808. The van der Waals surface area contributed by atoms with Crippen LogP contribution in [0.5, 0.6) is 0 Å². The van der Waals surface area contributed by atoms with E-state index < -0.39 is 0 Å². The first kappa shape index (κ1) is 7.53. The Morgan fingerprint density at radius 2 is 2.00 bits per heavy atom. The molecular formula is C5H13BN2. The van der Waals surface area contributed by atoms with Crippen molar-refractivity contribution >= 4 is 13.2 Å². The van der Waals surface area contributed by atoms with Gasteiger partial charge in [-0.05, 0) is 0 Å². The van der Waals surface area contributed by atoms with Gasteiger partial charge >= 0.3 is 50.8 Å². The molecule has 0 rings (SSSR count). The van der Waals surface area contributed by atoms with Gasteiger partial charge in [0.15, 0.2) is 0 Å². The summed E-state index contributed by atoms with van der Waals surface area (Å²) in [7, 11) is 5.54. The topological polar surface area (TPSA) is 24.1 Å². The second-order valence-electron chi connectivity index (χ2n) is 2.03. The average molecular weight is 112 g/mol. The van der Waals surface area contributed by atoms with E-state index in [1.54, 1.807) is 0 Å². The second-order valence-corrected chi connectivity index (χ2v) is 2.03. The summed E-state index contributed by atoms with van der Waals surface area (Å²) in [6, 6.07) is 0.468. The van der Waals surface area contributed by atoms with E-state index in [0.717, 1.165) is 5.71 Å². The summed E-state index contributed by atoms with van der Waals surface area (Å²) in [6.45, 7) is 4.14. The van der Waals surface area contributed by atoms with Crippen LogP contribution in [0.25, 0.3) is 0 Å². The molecule has 0 bridgehead atoms. The molecule has 0 heterocycles. The van der Waals surface area contributed by atoms with Gasteiger partial charge in [0.05, 0.1) is 0 Å². The molecule has 0 amide bonds. The van der Waals surface area contributed by atoms with Crippen molar-refractivity contribution in [1.82, 2.24) is 10.6 Å². The van der Waals surface area contributed by atoms with Crippen molar-refractivity contribution < 1.29 is 0 Å². The summed E-state index contributed by atoms with van der Waals surface area (Å²) in [6.07, 6.45) is 0. The third-order valence-corrected chi connectivity index (χ3v) is 0.765. The summed E-state index contributed by atoms with van der Waals surface area (Å²) in [5.41, 5.74) is 0.875. The molecule has 0 fully saturated rings. The van der Waals surface area contributed by atoms with Gasteiger partial charge in [-0.3, -0.25) is 0 Å². The van der Waals surface area contributed by atoms with Crippen LogP contribution in [0.4, 0.5) is 0 Å². The fourth-order valence-corrected chi connectivity index (χ4v) is 0.421. The first-order valence-electron chi connectivity index (χ1n) is 2.80. The monoisotopic (exact) mass is 112 g/mol. The molecular weight excluding hydrogens is 98.9 g/mol. The molecule has 2 nitrogen and oxygen atoms in total. The Balaban J connectivity index is 3.25. The van der Waals surface area contributed by atoms with Gasteiger partial charge in [0.1, 0.15) is 0 Å². The van der Waals surface area contributed by atoms with E-state index in [0.29, 0.717) is 6.04 Å². The molecule has 0 aromatic heterocycles. The predicted molar refractivity (Wildman–Crippen MR) is 39.5 cm³/mol. The molecule has 0 aromatic carbocycles. The van der Waals surface area contributed by atoms with Crippen molar-refractivity contribution in [2.75, 3.05) is 7.05 Å². The SMILES string of the molecule is B=C(NC)NC(C)C. The maximum atomic E-state index is 3.69. The Kier molecular flexibility index (Phi) is 3.32. The standard InChI is InChI=1S/C5H13BN2/c1-4(2)8-5(6)7-3/h4,6-8H,1-3H3. The van der Waals surface area contributed by atoms with E-state index in [4.69, 9.17) is 0 Å². The van der Waals surface area contributed by atoms with Crippen LogP contribution in [0.1, 0.15) is 13.8 Å². The Labute approximate surface area is 51.7 Å². The summed E-state index contributed by atoms with van der Waals surface area (Å²) in [5, 5.41) is 5.98. The first-order chi connectivity index (χ1) is 3.66. The molecule has 0 aliphatic carbocycles. The molecule has 2 N–H and O–H groups in total. The Bertz CT molecular complexity index is 80.5. The molecule has 0 aliphatic rings. The number of rotatable bonds is 3. The molecule has 0 saturated heterocycles. The number of hydrogen-bond acceptors (Lipinski definition) is 2. The van der Waals surface area contributed by atoms with E-state index in [1.807, 2.05) is 7.05 Å². The van der Waals surface area contributed by atoms with Crippen molar-refractivity contribution in [2.45, 2.75) is 19.9 Å². The quantitative estimate of drug-likeness (QED) is 0.466. The molecule has 0 aliphatic heterocycles. The zero-order valence-electron chi connectivity index (χ0n) is 5.78. The van der Waals surface area contributed by atoms with E-state index in [1.165, 1.54) is 0 Å². The van der Waals surface area contributed by atoms with Gasteiger partial charge in [-0.2, -0.15) is 0 Å². The summed E-state index contributed by atoms with van der Waals surface area (Å²) < 4.78 is 0. The van der Waals surface area contributed by atoms with Gasteiger partial charge in [0.2, 0.25) is 0 Å². The van der Waals surface area contributed by atoms with Crippen LogP contribution in [-0.4, -0.2) is 26.3 Å². The van der Waals surface area contributed by atoms with E-state index >= 15 is 0 Å². The van der Waals surface area contributed by atoms with Crippen molar-refractivity contribution in [3.63, 3.8) is 0 Å². The van der Waals surface area contributed by atoms with Crippen molar-refractivity contribution in [2.24, 2.45) is 0 Å². The van der Waals surface area contributed by atoms with Crippen LogP contribution in [0.15, 0.2) is 0 Å². The van der Waals surface area contributed by atoms with Crippen LogP contribution in [0, 0.1) is 0 Å². The molecule has 0 radical (unpaired) electrons. The maximum absolute atomic E-state index is 3.69. The molecule has 3 heteroatoms. The van der Waals surface area contributed by atoms with Gasteiger partial charge < -0.3 is 0 Å². The van der Waals surface area contributed by atoms with E-state index in [2.05, 4.69) is 32.0 Å². The molecule has 0 unspecified atom stereocenters. The van der Waals surface area contributed by atoms with Crippen LogP contribution in [0.2, 0.25) is 0 Å². The fraction of sp³-hybridized carbons (Fsp3) is 0.800. The second kappa shape index (κ2) is 3.53. The Morgan fingerprint density at radius 3 is 2.12 bits per heavy atom. The van der Waals surface area contributed by atoms with Crippen molar-refractivity contribution in [1.29, 1.82) is 0 Å². The van der Waals surface area contributed by atoms with Crippen molar-refractivity contribution in [3.05, 3.63) is 0 Å². The van der Waals surface area contributed by atoms with Crippen LogP contribution < -0.4 is 10.6 Å².